The van der Waals surface area contributed by atoms with Gasteiger partial charge in [-0.2, -0.15) is 0 Å². The molecule has 2 rings (SSSR count). The van der Waals surface area contributed by atoms with Crippen LogP contribution < -0.4 is 5.32 Å². The first kappa shape index (κ1) is 23.0. The van der Waals surface area contributed by atoms with E-state index in [-0.39, 0.29) is 6.54 Å². The number of aliphatic hydroxyl groups excluding tert-OH is 1. The molecule has 0 fully saturated rings. The van der Waals surface area contributed by atoms with Crippen LogP contribution in [0.25, 0.3) is 0 Å². The Morgan fingerprint density at radius 3 is 2.23 bits per heavy atom. The van der Waals surface area contributed by atoms with Crippen LogP contribution >= 0.6 is 0 Å². The summed E-state index contributed by atoms with van der Waals surface area (Å²) in [6, 6.07) is 13.4. The first-order chi connectivity index (χ1) is 14.1. The zero-order valence-corrected chi connectivity index (χ0v) is 17.1. The molecule has 0 saturated carbocycles. The minimum Gasteiger partial charge on any atom is -0.453 e. The van der Waals surface area contributed by atoms with E-state index >= 15 is 0 Å². The summed E-state index contributed by atoms with van der Waals surface area (Å²) in [5.74, 6) is -2.47. The van der Waals surface area contributed by atoms with E-state index in [2.05, 4.69) is 5.32 Å². The smallest absolute Gasteiger partial charge is 0.340 e. The summed E-state index contributed by atoms with van der Waals surface area (Å²) >= 11 is 0. The summed E-state index contributed by atoms with van der Waals surface area (Å²) in [4.78, 5) is 38.3. The predicted molar refractivity (Wildman–Crippen MR) is 109 cm³/mol. The summed E-state index contributed by atoms with van der Waals surface area (Å²) in [6.45, 7) is 4.28. The van der Waals surface area contributed by atoms with Crippen LogP contribution in [-0.4, -0.2) is 46.5 Å². The Balaban J connectivity index is 1.97. The molecule has 0 saturated heterocycles. The largest absolute Gasteiger partial charge is 0.453 e. The van der Waals surface area contributed by atoms with Gasteiger partial charge < -0.3 is 20.1 Å². The fourth-order valence-electron chi connectivity index (χ4n) is 2.64. The average molecular weight is 416 g/mol. The fraction of sp³-hybridized carbons (Fsp3) is 0.318. The lowest BCUT2D eigenvalue weighted by Crippen LogP contribution is -2.50. The minimum absolute atomic E-state index is 0.293. The number of nitrogens with one attached hydrogen (secondary N) is 1. The van der Waals surface area contributed by atoms with Crippen molar-refractivity contribution in [2.24, 2.45) is 0 Å². The van der Waals surface area contributed by atoms with E-state index in [9.17, 15) is 23.9 Å². The van der Waals surface area contributed by atoms with E-state index in [1.54, 1.807) is 51.1 Å². The van der Waals surface area contributed by atoms with Crippen LogP contribution in [0.2, 0.25) is 0 Å². The van der Waals surface area contributed by atoms with Crippen molar-refractivity contribution >= 4 is 23.5 Å². The van der Waals surface area contributed by atoms with Gasteiger partial charge in [-0.1, -0.05) is 30.3 Å². The van der Waals surface area contributed by atoms with Gasteiger partial charge in [0.2, 0.25) is 5.91 Å². The van der Waals surface area contributed by atoms with Crippen LogP contribution in [0.4, 0.5) is 10.1 Å². The maximum Gasteiger partial charge on any atom is 0.340 e. The molecule has 1 atom stereocenters. The number of carbonyl (C=O) groups is 3. The molecule has 2 aromatic carbocycles. The van der Waals surface area contributed by atoms with Gasteiger partial charge in [-0.15, -0.1) is 0 Å². The second-order valence-electron chi connectivity index (χ2n) is 7.63. The monoisotopic (exact) mass is 416 g/mol. The van der Waals surface area contributed by atoms with Crippen molar-refractivity contribution in [3.05, 3.63) is 66.0 Å². The highest BCUT2D eigenvalue weighted by molar-refractivity contribution is 5.95. The van der Waals surface area contributed by atoms with Gasteiger partial charge in [0.05, 0.1) is 0 Å². The van der Waals surface area contributed by atoms with E-state index in [1.807, 2.05) is 0 Å². The third-order valence-electron chi connectivity index (χ3n) is 4.22. The summed E-state index contributed by atoms with van der Waals surface area (Å²) in [5.41, 5.74) is 0.00298. The molecule has 160 valence electrons. The van der Waals surface area contributed by atoms with Crippen molar-refractivity contribution in [2.45, 2.75) is 32.4 Å². The number of carbonyl (C=O) groups excluding carboxylic acids is 3. The van der Waals surface area contributed by atoms with Crippen LogP contribution in [0.15, 0.2) is 54.6 Å². The molecule has 2 aromatic rings. The van der Waals surface area contributed by atoms with Gasteiger partial charge in [0, 0.05) is 11.2 Å². The Labute approximate surface area is 174 Å². The number of rotatable bonds is 7. The average Bonchev–Trinajstić information content (AvgIpc) is 2.71. The molecule has 7 nitrogen and oxygen atoms in total. The maximum atomic E-state index is 13.0. The van der Waals surface area contributed by atoms with E-state index in [0.29, 0.717) is 11.3 Å². The van der Waals surface area contributed by atoms with E-state index in [4.69, 9.17) is 4.74 Å². The van der Waals surface area contributed by atoms with E-state index in [1.165, 1.54) is 29.2 Å². The highest BCUT2D eigenvalue weighted by Gasteiger charge is 2.30. The molecule has 30 heavy (non-hydrogen) atoms. The fourth-order valence-corrected chi connectivity index (χ4v) is 2.64. The molecule has 0 aliphatic carbocycles. The molecule has 0 aliphatic rings. The quantitative estimate of drug-likeness (QED) is 0.677. The number of aliphatic hydroxyl groups is 1. The summed E-state index contributed by atoms with van der Waals surface area (Å²) in [5, 5.41) is 12.6. The molecule has 0 spiro atoms. The standard InChI is InChI=1S/C22H25FN2O5/c1-22(2,3)25(13-18(26)24-17-11-9-16(23)10-12-17)19(27)14-30-21(29)20(28)15-7-5-4-6-8-15/h4-12,20,28H,13-14H2,1-3H3,(H,24,26)/t20-/m0/s1. The highest BCUT2D eigenvalue weighted by atomic mass is 19.1. The van der Waals surface area contributed by atoms with Gasteiger partial charge in [-0.3, -0.25) is 9.59 Å². The van der Waals surface area contributed by atoms with Crippen LogP contribution in [0.1, 0.15) is 32.4 Å². The van der Waals surface area contributed by atoms with Gasteiger partial charge >= 0.3 is 5.97 Å². The molecule has 8 heteroatoms. The third-order valence-corrected chi connectivity index (χ3v) is 4.22. The molecule has 0 bridgehead atoms. The lowest BCUT2D eigenvalue weighted by atomic mass is 10.1. The zero-order chi connectivity index (χ0) is 22.3. The molecule has 0 aromatic heterocycles. The summed E-state index contributed by atoms with van der Waals surface area (Å²) in [6.07, 6.45) is -1.51. The van der Waals surface area contributed by atoms with Crippen molar-refractivity contribution in [1.29, 1.82) is 0 Å². The number of nitrogens with zero attached hydrogens (tertiary/aromatic N) is 1. The third kappa shape index (κ3) is 6.66. The molecule has 0 radical (unpaired) electrons. The number of esters is 1. The molecular formula is C22H25FN2O5. The van der Waals surface area contributed by atoms with Crippen LogP contribution in [-0.2, 0) is 19.1 Å². The lowest BCUT2D eigenvalue weighted by Gasteiger charge is -2.35. The van der Waals surface area contributed by atoms with Crippen LogP contribution in [0.5, 0.6) is 0 Å². The number of hydrogen-bond donors (Lipinski definition) is 2. The number of ether oxygens (including phenoxy) is 1. The van der Waals surface area contributed by atoms with E-state index < -0.39 is 41.9 Å². The number of hydrogen-bond acceptors (Lipinski definition) is 5. The highest BCUT2D eigenvalue weighted by Crippen LogP contribution is 2.17. The Bertz CT molecular complexity index is 879. The molecule has 0 heterocycles. The van der Waals surface area contributed by atoms with Crippen LogP contribution in [0.3, 0.4) is 0 Å². The second-order valence-corrected chi connectivity index (χ2v) is 7.63. The van der Waals surface area contributed by atoms with Gasteiger partial charge in [-0.05, 0) is 50.6 Å². The molecule has 0 unspecified atom stereocenters. The van der Waals surface area contributed by atoms with Crippen molar-refractivity contribution in [1.82, 2.24) is 4.90 Å². The lowest BCUT2D eigenvalue weighted by molar-refractivity contribution is -0.161. The topological polar surface area (TPSA) is 95.9 Å². The number of halogens is 1. The molecule has 2 N–H and O–H groups in total. The molecular weight excluding hydrogens is 391 g/mol. The molecule has 0 aliphatic heterocycles. The summed E-state index contributed by atoms with van der Waals surface area (Å²) < 4.78 is 17.9. The summed E-state index contributed by atoms with van der Waals surface area (Å²) in [7, 11) is 0. The van der Waals surface area contributed by atoms with Crippen molar-refractivity contribution in [3.63, 3.8) is 0 Å². The predicted octanol–water partition coefficient (Wildman–Crippen LogP) is 2.67. The van der Waals surface area contributed by atoms with Crippen LogP contribution in [0, 0.1) is 5.82 Å². The minimum atomic E-state index is -1.51. The number of benzene rings is 2. The Kier molecular flexibility index (Phi) is 7.66. The number of anilines is 1. The normalized spacial score (nSPS) is 12.0. The van der Waals surface area contributed by atoms with Gasteiger partial charge in [0.1, 0.15) is 12.4 Å². The molecule has 2 amide bonds. The first-order valence-electron chi connectivity index (χ1n) is 9.33. The first-order valence-corrected chi connectivity index (χ1v) is 9.33. The zero-order valence-electron chi connectivity index (χ0n) is 17.1. The van der Waals surface area contributed by atoms with E-state index in [0.717, 1.165) is 0 Å². The van der Waals surface area contributed by atoms with Gasteiger partial charge in [0.15, 0.2) is 12.7 Å². The Morgan fingerprint density at radius 2 is 1.67 bits per heavy atom. The Hall–Kier alpha value is -3.26. The van der Waals surface area contributed by atoms with Gasteiger partial charge in [-0.25, -0.2) is 9.18 Å². The van der Waals surface area contributed by atoms with Crippen molar-refractivity contribution in [2.75, 3.05) is 18.5 Å². The van der Waals surface area contributed by atoms with Crippen molar-refractivity contribution in [3.8, 4) is 0 Å². The maximum absolute atomic E-state index is 13.0. The van der Waals surface area contributed by atoms with Gasteiger partial charge in [0.25, 0.3) is 5.91 Å². The Morgan fingerprint density at radius 1 is 1.07 bits per heavy atom. The second kappa shape index (κ2) is 9.98. The SMILES string of the molecule is CC(C)(C)N(CC(=O)Nc1ccc(F)cc1)C(=O)COC(=O)[C@@H](O)c1ccccc1. The number of amides is 2. The van der Waals surface area contributed by atoms with Crippen molar-refractivity contribution < 1.29 is 28.6 Å².